The highest BCUT2D eigenvalue weighted by Crippen LogP contribution is 2.33. The summed E-state index contributed by atoms with van der Waals surface area (Å²) in [6, 6.07) is 7.59. The first kappa shape index (κ1) is 34.0. The predicted octanol–water partition coefficient (Wildman–Crippen LogP) is 3.24. The second-order valence-electron chi connectivity index (χ2n) is 11.8. The molecule has 3 amide bonds. The minimum Gasteiger partial charge on any atom is -0.480 e. The number of aliphatic carboxylic acids is 1. The number of carboxylic acids is 1. The Morgan fingerprint density at radius 1 is 1.04 bits per heavy atom. The monoisotopic (exact) mass is 645 g/mol. The number of ether oxygens (including phenoxy) is 1. The number of amides is 3. The first-order valence-electron chi connectivity index (χ1n) is 14.2. The number of halogens is 3. The number of hydrogen-bond acceptors (Lipinski definition) is 6. The van der Waals surface area contributed by atoms with Crippen LogP contribution in [-0.2, 0) is 22.3 Å². The summed E-state index contributed by atoms with van der Waals surface area (Å²) in [5.74, 6) is -2.46. The molecule has 0 radical (unpaired) electrons. The molecular weight excluding hydrogens is 611 g/mol. The van der Waals surface area contributed by atoms with Crippen LogP contribution in [0, 0.1) is 6.92 Å². The van der Waals surface area contributed by atoms with Gasteiger partial charge in [-0.15, -0.1) is 0 Å². The number of likely N-dealkylation sites (N-methyl/N-ethyl adjacent to an activating group) is 1. The van der Waals surface area contributed by atoms with E-state index in [2.05, 4.69) is 5.32 Å². The van der Waals surface area contributed by atoms with Gasteiger partial charge in [0.2, 0.25) is 0 Å². The minimum atomic E-state index is -4.69. The van der Waals surface area contributed by atoms with E-state index in [9.17, 15) is 42.3 Å². The van der Waals surface area contributed by atoms with Crippen molar-refractivity contribution in [3.63, 3.8) is 0 Å². The summed E-state index contributed by atoms with van der Waals surface area (Å²) in [4.78, 5) is 67.7. The quantitative estimate of drug-likeness (QED) is 0.364. The molecule has 15 heteroatoms. The van der Waals surface area contributed by atoms with Crippen LogP contribution in [0.1, 0.15) is 47.8 Å². The molecule has 246 valence electrons. The molecule has 1 saturated heterocycles. The molecule has 0 aliphatic carbocycles. The van der Waals surface area contributed by atoms with E-state index in [0.29, 0.717) is 23.3 Å². The Morgan fingerprint density at radius 2 is 1.67 bits per heavy atom. The number of carboxylic acid groups (broad SMARTS) is 1. The molecule has 1 atom stereocenters. The fourth-order valence-electron chi connectivity index (χ4n) is 4.93. The van der Waals surface area contributed by atoms with Gasteiger partial charge in [-0.05, 0) is 69.2 Å². The van der Waals surface area contributed by atoms with Gasteiger partial charge in [-0.3, -0.25) is 23.6 Å². The van der Waals surface area contributed by atoms with Gasteiger partial charge in [0.1, 0.15) is 5.56 Å². The Morgan fingerprint density at radius 3 is 2.22 bits per heavy atom. The normalized spacial score (nSPS) is 14.3. The van der Waals surface area contributed by atoms with Crippen molar-refractivity contribution >= 4 is 23.6 Å². The van der Waals surface area contributed by atoms with E-state index in [-0.39, 0.29) is 22.8 Å². The Labute approximate surface area is 261 Å². The number of carbonyl (C=O) groups is 3. The molecule has 1 aromatic heterocycles. The van der Waals surface area contributed by atoms with E-state index < -0.39 is 65.2 Å². The number of rotatable bonds is 9. The molecule has 0 saturated carbocycles. The lowest BCUT2D eigenvalue weighted by Gasteiger charge is -2.28. The maximum absolute atomic E-state index is 13.8. The lowest BCUT2D eigenvalue weighted by Crippen LogP contribution is -2.50. The molecule has 3 aromatic rings. The SMILES string of the molecule is Cc1c(Cn2c(=O)c(C(=O)N(C)C(COC(C)(C)C)C(=O)O)cn(-c3ccc(N4CCNC4=O)cc3)c2=O)cccc1C(F)(F)F. The number of carbonyl (C=O) groups excluding carboxylic acids is 2. The number of nitrogens with one attached hydrogen (secondary N) is 1. The van der Waals surface area contributed by atoms with Crippen molar-refractivity contribution in [1.29, 1.82) is 0 Å². The van der Waals surface area contributed by atoms with Gasteiger partial charge in [0.25, 0.3) is 11.5 Å². The average molecular weight is 646 g/mol. The second-order valence-corrected chi connectivity index (χ2v) is 11.8. The van der Waals surface area contributed by atoms with Crippen molar-refractivity contribution in [1.82, 2.24) is 19.4 Å². The van der Waals surface area contributed by atoms with Gasteiger partial charge in [-0.2, -0.15) is 13.2 Å². The summed E-state index contributed by atoms with van der Waals surface area (Å²) in [5.41, 5.74) is -3.89. The van der Waals surface area contributed by atoms with Crippen molar-refractivity contribution in [2.45, 2.75) is 52.1 Å². The molecule has 1 aliphatic rings. The van der Waals surface area contributed by atoms with E-state index in [1.54, 1.807) is 32.9 Å². The number of alkyl halides is 3. The minimum absolute atomic E-state index is 0.0101. The molecule has 4 rings (SSSR count). The van der Waals surface area contributed by atoms with Crippen molar-refractivity contribution in [3.8, 4) is 5.69 Å². The van der Waals surface area contributed by atoms with Crippen molar-refractivity contribution < 1.29 is 37.4 Å². The van der Waals surface area contributed by atoms with Crippen LogP contribution in [0.3, 0.4) is 0 Å². The van der Waals surface area contributed by atoms with Crippen molar-refractivity contribution in [3.05, 3.63) is 91.8 Å². The average Bonchev–Trinajstić information content (AvgIpc) is 3.40. The fraction of sp³-hybridized carbons (Fsp3) is 0.387. The van der Waals surface area contributed by atoms with Crippen LogP contribution >= 0.6 is 0 Å². The number of hydrogen-bond donors (Lipinski definition) is 2. The summed E-state index contributed by atoms with van der Waals surface area (Å²) >= 11 is 0. The zero-order valence-electron chi connectivity index (χ0n) is 25.8. The first-order valence-corrected chi connectivity index (χ1v) is 14.2. The molecule has 2 heterocycles. The molecule has 1 aliphatic heterocycles. The number of benzene rings is 2. The lowest BCUT2D eigenvalue weighted by molar-refractivity contribution is -0.146. The van der Waals surface area contributed by atoms with Crippen LogP contribution in [0.25, 0.3) is 5.69 Å². The van der Waals surface area contributed by atoms with Gasteiger partial charge in [0.15, 0.2) is 6.04 Å². The summed E-state index contributed by atoms with van der Waals surface area (Å²) in [6.07, 6.45) is -3.72. The maximum Gasteiger partial charge on any atom is 0.416 e. The van der Waals surface area contributed by atoms with Gasteiger partial charge in [-0.1, -0.05) is 12.1 Å². The number of urea groups is 1. The summed E-state index contributed by atoms with van der Waals surface area (Å²) in [5, 5.41) is 12.5. The first-order chi connectivity index (χ1) is 21.4. The van der Waals surface area contributed by atoms with Crippen LogP contribution in [0.5, 0.6) is 0 Å². The smallest absolute Gasteiger partial charge is 0.416 e. The molecule has 0 spiro atoms. The van der Waals surface area contributed by atoms with E-state index in [0.717, 1.165) is 27.8 Å². The summed E-state index contributed by atoms with van der Waals surface area (Å²) in [6.45, 7) is 6.12. The number of anilines is 1. The van der Waals surface area contributed by atoms with E-state index >= 15 is 0 Å². The highest BCUT2D eigenvalue weighted by molar-refractivity contribution is 5.96. The Kier molecular flexibility index (Phi) is 9.47. The molecule has 2 N–H and O–H groups in total. The predicted molar refractivity (Wildman–Crippen MR) is 162 cm³/mol. The summed E-state index contributed by atoms with van der Waals surface area (Å²) < 4.78 is 48.1. The van der Waals surface area contributed by atoms with Gasteiger partial charge < -0.3 is 20.1 Å². The molecule has 1 fully saturated rings. The highest BCUT2D eigenvalue weighted by Gasteiger charge is 2.34. The lowest BCUT2D eigenvalue weighted by atomic mass is 10.0. The van der Waals surface area contributed by atoms with Crippen LogP contribution in [0.2, 0.25) is 0 Å². The third kappa shape index (κ3) is 7.14. The molecule has 0 bridgehead atoms. The van der Waals surface area contributed by atoms with Crippen molar-refractivity contribution in [2.24, 2.45) is 0 Å². The van der Waals surface area contributed by atoms with Crippen LogP contribution in [-0.4, -0.2) is 75.4 Å². The standard InChI is InChI=1S/C31H34F3N5O7/c1-18-19(7-6-8-23(18)31(32,33)34)15-39-26(41)22(25(40)36(5)24(27(42)43)17-46-30(2,3)4)16-38(29(39)45)21-11-9-20(10-12-21)37-14-13-35-28(37)44/h6-12,16,24H,13-15,17H2,1-5H3,(H,35,44)(H,42,43). The van der Waals surface area contributed by atoms with Crippen molar-refractivity contribution in [2.75, 3.05) is 31.6 Å². The maximum atomic E-state index is 13.8. The fourth-order valence-corrected chi connectivity index (χ4v) is 4.93. The zero-order chi connectivity index (χ0) is 34.1. The summed E-state index contributed by atoms with van der Waals surface area (Å²) in [7, 11) is 1.17. The third-order valence-electron chi connectivity index (χ3n) is 7.52. The molecule has 46 heavy (non-hydrogen) atoms. The largest absolute Gasteiger partial charge is 0.480 e. The van der Waals surface area contributed by atoms with Gasteiger partial charge in [-0.25, -0.2) is 14.4 Å². The number of aromatic nitrogens is 2. The van der Waals surface area contributed by atoms with Crippen LogP contribution in [0.15, 0.2) is 58.3 Å². The van der Waals surface area contributed by atoms with Crippen LogP contribution < -0.4 is 21.5 Å². The molecule has 1 unspecified atom stereocenters. The van der Waals surface area contributed by atoms with E-state index in [1.807, 2.05) is 0 Å². The third-order valence-corrected chi connectivity index (χ3v) is 7.52. The van der Waals surface area contributed by atoms with E-state index in [4.69, 9.17) is 4.74 Å². The van der Waals surface area contributed by atoms with Gasteiger partial charge >= 0.3 is 23.9 Å². The molecular formula is C31H34F3N5O7. The Bertz CT molecular complexity index is 1780. The zero-order valence-corrected chi connectivity index (χ0v) is 25.8. The molecule has 2 aromatic carbocycles. The van der Waals surface area contributed by atoms with Gasteiger partial charge in [0.05, 0.1) is 30.0 Å². The van der Waals surface area contributed by atoms with Gasteiger partial charge in [0, 0.05) is 32.0 Å². The van der Waals surface area contributed by atoms with E-state index in [1.165, 1.54) is 37.1 Å². The number of nitrogens with zero attached hydrogens (tertiary/aromatic N) is 4. The topological polar surface area (TPSA) is 143 Å². The molecule has 12 nitrogen and oxygen atoms in total. The Balaban J connectivity index is 1.86. The Hall–Kier alpha value is -4.92. The van der Waals surface area contributed by atoms with Crippen LogP contribution in [0.4, 0.5) is 23.7 Å². The highest BCUT2D eigenvalue weighted by atomic mass is 19.4. The second kappa shape index (κ2) is 12.8.